The SMILES string of the molecule is O=C(CN1C(=O)CCC1=O)N1CCN(C(=O)c2cc3ccc(Br)cc3[nH]2)CC1. The Morgan fingerprint density at radius 2 is 1.61 bits per heavy atom. The number of nitrogens with one attached hydrogen (secondary N) is 1. The standard InChI is InChI=1S/C19H19BrN4O4/c20-13-2-1-12-9-15(21-14(12)10-13)19(28)23-7-5-22(6-8-23)18(27)11-24-16(25)3-4-17(24)26/h1-2,9-10,21H,3-8,11H2. The number of fused-ring (bicyclic) bond motifs is 1. The number of aromatic amines is 1. The third-order valence-corrected chi connectivity index (χ3v) is 5.68. The zero-order chi connectivity index (χ0) is 19.8. The number of carbonyl (C=O) groups excluding carboxylic acids is 4. The first-order valence-electron chi connectivity index (χ1n) is 9.11. The van der Waals surface area contributed by atoms with Gasteiger partial charge in [0.15, 0.2) is 0 Å². The Morgan fingerprint density at radius 1 is 0.964 bits per heavy atom. The van der Waals surface area contributed by atoms with Crippen molar-refractivity contribution >= 4 is 50.5 Å². The van der Waals surface area contributed by atoms with E-state index in [1.54, 1.807) is 9.80 Å². The molecule has 0 atom stereocenters. The summed E-state index contributed by atoms with van der Waals surface area (Å²) < 4.78 is 0.933. The highest BCUT2D eigenvalue weighted by Crippen LogP contribution is 2.21. The molecule has 3 heterocycles. The molecule has 2 aromatic rings. The number of aromatic nitrogens is 1. The summed E-state index contributed by atoms with van der Waals surface area (Å²) in [4.78, 5) is 56.0. The van der Waals surface area contributed by atoms with Crippen LogP contribution in [0.15, 0.2) is 28.7 Å². The van der Waals surface area contributed by atoms with Gasteiger partial charge in [0, 0.05) is 54.4 Å². The lowest BCUT2D eigenvalue weighted by Gasteiger charge is -2.35. The molecule has 1 aromatic heterocycles. The van der Waals surface area contributed by atoms with Crippen LogP contribution in [0, 0.1) is 0 Å². The molecule has 2 aliphatic heterocycles. The maximum absolute atomic E-state index is 12.8. The Labute approximate surface area is 169 Å². The van der Waals surface area contributed by atoms with Gasteiger partial charge in [-0.2, -0.15) is 0 Å². The zero-order valence-corrected chi connectivity index (χ0v) is 16.7. The van der Waals surface area contributed by atoms with Crippen molar-refractivity contribution in [3.8, 4) is 0 Å². The molecule has 0 radical (unpaired) electrons. The lowest BCUT2D eigenvalue weighted by molar-refractivity contribution is -0.146. The minimum Gasteiger partial charge on any atom is -0.350 e. The van der Waals surface area contributed by atoms with E-state index in [0.717, 1.165) is 20.3 Å². The van der Waals surface area contributed by atoms with Gasteiger partial charge in [-0.1, -0.05) is 22.0 Å². The fraction of sp³-hybridized carbons (Fsp3) is 0.368. The van der Waals surface area contributed by atoms with Gasteiger partial charge >= 0.3 is 0 Å². The van der Waals surface area contributed by atoms with E-state index >= 15 is 0 Å². The largest absolute Gasteiger partial charge is 0.350 e. The van der Waals surface area contributed by atoms with E-state index in [-0.39, 0.29) is 43.0 Å². The minimum atomic E-state index is -0.294. The average Bonchev–Trinajstić information content (AvgIpc) is 3.25. The summed E-state index contributed by atoms with van der Waals surface area (Å²) in [6, 6.07) is 7.60. The van der Waals surface area contributed by atoms with Gasteiger partial charge < -0.3 is 14.8 Å². The summed E-state index contributed by atoms with van der Waals surface area (Å²) in [5.41, 5.74) is 1.40. The number of imide groups is 1. The Morgan fingerprint density at radius 3 is 2.29 bits per heavy atom. The summed E-state index contributed by atoms with van der Waals surface area (Å²) in [7, 11) is 0. The number of carbonyl (C=O) groups is 4. The first-order valence-corrected chi connectivity index (χ1v) is 9.90. The highest BCUT2D eigenvalue weighted by molar-refractivity contribution is 9.10. The quantitative estimate of drug-likeness (QED) is 0.720. The van der Waals surface area contributed by atoms with Crippen LogP contribution in [0.5, 0.6) is 0 Å². The molecule has 0 spiro atoms. The first kappa shape index (κ1) is 18.7. The van der Waals surface area contributed by atoms with Crippen molar-refractivity contribution in [1.82, 2.24) is 19.7 Å². The Balaban J connectivity index is 1.36. The summed E-state index contributed by atoms with van der Waals surface area (Å²) in [6.07, 6.45) is 0.352. The summed E-state index contributed by atoms with van der Waals surface area (Å²) >= 11 is 3.42. The van der Waals surface area contributed by atoms with E-state index in [4.69, 9.17) is 0 Å². The Kier molecular flexibility index (Phi) is 4.92. The van der Waals surface area contributed by atoms with Crippen molar-refractivity contribution in [3.63, 3.8) is 0 Å². The summed E-state index contributed by atoms with van der Waals surface area (Å²) in [5, 5.41) is 0.959. The molecule has 9 heteroatoms. The molecule has 1 N–H and O–H groups in total. The smallest absolute Gasteiger partial charge is 0.270 e. The van der Waals surface area contributed by atoms with Gasteiger partial charge in [0.25, 0.3) is 5.91 Å². The topological polar surface area (TPSA) is 93.8 Å². The number of amides is 4. The van der Waals surface area contributed by atoms with Crippen molar-refractivity contribution in [2.24, 2.45) is 0 Å². The van der Waals surface area contributed by atoms with Crippen LogP contribution >= 0.6 is 15.9 Å². The molecule has 2 fully saturated rings. The molecule has 2 aliphatic rings. The maximum atomic E-state index is 12.8. The first-order chi connectivity index (χ1) is 13.4. The van der Waals surface area contributed by atoms with E-state index in [9.17, 15) is 19.2 Å². The molecule has 0 bridgehead atoms. The molecule has 0 saturated carbocycles. The highest BCUT2D eigenvalue weighted by Gasteiger charge is 2.33. The number of hydrogen-bond acceptors (Lipinski definition) is 4. The van der Waals surface area contributed by atoms with E-state index < -0.39 is 0 Å². The van der Waals surface area contributed by atoms with Crippen LogP contribution in [-0.4, -0.2) is 76.0 Å². The van der Waals surface area contributed by atoms with Gasteiger partial charge in [0.2, 0.25) is 17.7 Å². The molecule has 0 aliphatic carbocycles. The van der Waals surface area contributed by atoms with E-state index in [1.807, 2.05) is 24.3 Å². The van der Waals surface area contributed by atoms with Gasteiger partial charge in [-0.05, 0) is 18.2 Å². The fourth-order valence-electron chi connectivity index (χ4n) is 3.58. The summed E-state index contributed by atoms with van der Waals surface area (Å²) in [6.45, 7) is 1.37. The van der Waals surface area contributed by atoms with Crippen molar-refractivity contribution in [1.29, 1.82) is 0 Å². The van der Waals surface area contributed by atoms with Crippen LogP contribution < -0.4 is 0 Å². The van der Waals surface area contributed by atoms with Crippen molar-refractivity contribution in [2.45, 2.75) is 12.8 Å². The molecule has 1 aromatic carbocycles. The lowest BCUT2D eigenvalue weighted by atomic mass is 10.2. The number of piperazine rings is 1. The number of hydrogen-bond donors (Lipinski definition) is 1. The van der Waals surface area contributed by atoms with Gasteiger partial charge in [-0.3, -0.25) is 24.1 Å². The minimum absolute atomic E-state index is 0.107. The normalized spacial score (nSPS) is 17.7. The Bertz CT molecular complexity index is 961. The Hall–Kier alpha value is -2.68. The van der Waals surface area contributed by atoms with Gasteiger partial charge in [-0.25, -0.2) is 0 Å². The molecule has 2 saturated heterocycles. The number of nitrogens with zero attached hydrogens (tertiary/aromatic N) is 3. The molecule has 4 amide bonds. The van der Waals surface area contributed by atoms with E-state index in [2.05, 4.69) is 20.9 Å². The number of rotatable bonds is 3. The number of halogens is 1. The second-order valence-corrected chi connectivity index (χ2v) is 7.88. The number of likely N-dealkylation sites (tertiary alicyclic amines) is 1. The van der Waals surface area contributed by atoms with E-state index in [1.165, 1.54) is 0 Å². The predicted molar refractivity (Wildman–Crippen MR) is 104 cm³/mol. The van der Waals surface area contributed by atoms with Crippen molar-refractivity contribution in [3.05, 3.63) is 34.4 Å². The molecular weight excluding hydrogens is 428 g/mol. The molecule has 0 unspecified atom stereocenters. The molecule has 4 rings (SSSR count). The molecule has 8 nitrogen and oxygen atoms in total. The van der Waals surface area contributed by atoms with Crippen LogP contribution in [-0.2, 0) is 14.4 Å². The molecule has 28 heavy (non-hydrogen) atoms. The number of H-pyrrole nitrogens is 1. The van der Waals surface area contributed by atoms with Gasteiger partial charge in [0.1, 0.15) is 12.2 Å². The monoisotopic (exact) mass is 446 g/mol. The second kappa shape index (κ2) is 7.38. The summed E-state index contributed by atoms with van der Waals surface area (Å²) in [5.74, 6) is -0.953. The second-order valence-electron chi connectivity index (χ2n) is 6.96. The van der Waals surface area contributed by atoms with Crippen molar-refractivity contribution < 1.29 is 19.2 Å². The average molecular weight is 447 g/mol. The third kappa shape index (κ3) is 3.54. The predicted octanol–water partition coefficient (Wildman–Crippen LogP) is 1.36. The number of benzene rings is 1. The van der Waals surface area contributed by atoms with Crippen LogP contribution in [0.1, 0.15) is 23.3 Å². The maximum Gasteiger partial charge on any atom is 0.270 e. The van der Waals surface area contributed by atoms with Crippen molar-refractivity contribution in [2.75, 3.05) is 32.7 Å². The van der Waals surface area contributed by atoms with Gasteiger partial charge in [-0.15, -0.1) is 0 Å². The third-order valence-electron chi connectivity index (χ3n) is 5.18. The van der Waals surface area contributed by atoms with Crippen LogP contribution in [0.2, 0.25) is 0 Å². The highest BCUT2D eigenvalue weighted by atomic mass is 79.9. The fourth-order valence-corrected chi connectivity index (χ4v) is 3.94. The van der Waals surface area contributed by atoms with Crippen LogP contribution in [0.4, 0.5) is 0 Å². The molecule has 146 valence electrons. The zero-order valence-electron chi connectivity index (χ0n) is 15.1. The van der Waals surface area contributed by atoms with Crippen LogP contribution in [0.25, 0.3) is 10.9 Å². The van der Waals surface area contributed by atoms with E-state index in [0.29, 0.717) is 31.9 Å². The molecular formula is C19H19BrN4O4. The van der Waals surface area contributed by atoms with Crippen LogP contribution in [0.3, 0.4) is 0 Å². The lowest BCUT2D eigenvalue weighted by Crippen LogP contribution is -2.53. The van der Waals surface area contributed by atoms with Gasteiger partial charge in [0.05, 0.1) is 0 Å².